The van der Waals surface area contributed by atoms with Crippen molar-refractivity contribution in [3.05, 3.63) is 78.6 Å². The molecule has 0 aliphatic rings. The number of rotatable bonds is 4. The Morgan fingerprint density at radius 3 is 2.52 bits per heavy atom. The van der Waals surface area contributed by atoms with E-state index in [2.05, 4.69) is 22.1 Å². The van der Waals surface area contributed by atoms with Crippen molar-refractivity contribution in [3.8, 4) is 16.3 Å². The van der Waals surface area contributed by atoms with Crippen molar-refractivity contribution in [2.75, 3.05) is 0 Å². The van der Waals surface area contributed by atoms with Gasteiger partial charge in [-0.1, -0.05) is 30.3 Å². The maximum atomic E-state index is 5.81. The fourth-order valence-electron chi connectivity index (χ4n) is 2.34. The molecule has 0 amide bonds. The number of nitrogens with zero attached hydrogens (tertiary/aromatic N) is 2. The molecule has 0 spiro atoms. The van der Waals surface area contributed by atoms with Gasteiger partial charge in [0, 0.05) is 11.8 Å². The van der Waals surface area contributed by atoms with E-state index in [0.29, 0.717) is 6.61 Å². The SMILES string of the molecule is c1ccc(COc2ccc(-c3nc4cnccc4s3)cc2)cc1. The lowest BCUT2D eigenvalue weighted by Crippen LogP contribution is -1.94. The van der Waals surface area contributed by atoms with Crippen LogP contribution in [0.3, 0.4) is 0 Å². The Bertz CT molecular complexity index is 884. The summed E-state index contributed by atoms with van der Waals surface area (Å²) in [6, 6.07) is 20.2. The van der Waals surface area contributed by atoms with E-state index < -0.39 is 0 Å². The number of hydrogen-bond donors (Lipinski definition) is 0. The second kappa shape index (κ2) is 6.18. The van der Waals surface area contributed by atoms with Gasteiger partial charge in [0.1, 0.15) is 22.9 Å². The molecule has 0 aliphatic heterocycles. The number of ether oxygens (including phenoxy) is 1. The lowest BCUT2D eigenvalue weighted by atomic mass is 10.2. The summed E-state index contributed by atoms with van der Waals surface area (Å²) in [6.45, 7) is 0.576. The minimum Gasteiger partial charge on any atom is -0.489 e. The Hall–Kier alpha value is -2.72. The van der Waals surface area contributed by atoms with E-state index in [1.165, 1.54) is 0 Å². The van der Waals surface area contributed by atoms with Crippen LogP contribution in [0.15, 0.2) is 73.1 Å². The fraction of sp³-hybridized carbons (Fsp3) is 0.0526. The largest absolute Gasteiger partial charge is 0.489 e. The van der Waals surface area contributed by atoms with Gasteiger partial charge < -0.3 is 4.74 Å². The summed E-state index contributed by atoms with van der Waals surface area (Å²) in [7, 11) is 0. The van der Waals surface area contributed by atoms with Crippen LogP contribution in [-0.2, 0) is 6.61 Å². The van der Waals surface area contributed by atoms with Gasteiger partial charge in [0.2, 0.25) is 0 Å². The summed E-state index contributed by atoms with van der Waals surface area (Å²) in [5, 5.41) is 1.00. The molecule has 2 aromatic carbocycles. The smallest absolute Gasteiger partial charge is 0.124 e. The van der Waals surface area contributed by atoms with Crippen LogP contribution in [0.2, 0.25) is 0 Å². The Morgan fingerprint density at radius 2 is 1.74 bits per heavy atom. The summed E-state index contributed by atoms with van der Waals surface area (Å²) in [5.74, 6) is 0.861. The number of hydrogen-bond acceptors (Lipinski definition) is 4. The molecule has 23 heavy (non-hydrogen) atoms. The molecule has 0 saturated heterocycles. The third-order valence-electron chi connectivity index (χ3n) is 3.54. The van der Waals surface area contributed by atoms with Gasteiger partial charge in [-0.05, 0) is 35.9 Å². The summed E-state index contributed by atoms with van der Waals surface area (Å²) < 4.78 is 6.97. The fourth-order valence-corrected chi connectivity index (χ4v) is 3.28. The van der Waals surface area contributed by atoms with Crippen molar-refractivity contribution >= 4 is 21.6 Å². The van der Waals surface area contributed by atoms with Crippen molar-refractivity contribution in [3.63, 3.8) is 0 Å². The maximum Gasteiger partial charge on any atom is 0.124 e. The first-order chi connectivity index (χ1) is 11.4. The van der Waals surface area contributed by atoms with Gasteiger partial charge in [-0.3, -0.25) is 4.98 Å². The Labute approximate surface area is 138 Å². The first kappa shape index (κ1) is 13.9. The van der Waals surface area contributed by atoms with E-state index in [-0.39, 0.29) is 0 Å². The highest BCUT2D eigenvalue weighted by molar-refractivity contribution is 7.21. The molecular weight excluding hydrogens is 304 g/mol. The molecule has 4 aromatic rings. The van der Waals surface area contributed by atoms with E-state index in [4.69, 9.17) is 4.74 Å². The minimum atomic E-state index is 0.576. The molecule has 2 heterocycles. The summed E-state index contributed by atoms with van der Waals surface area (Å²) in [4.78, 5) is 8.73. The number of thiazole rings is 1. The van der Waals surface area contributed by atoms with Gasteiger partial charge >= 0.3 is 0 Å². The highest BCUT2D eigenvalue weighted by atomic mass is 32.1. The van der Waals surface area contributed by atoms with E-state index >= 15 is 0 Å². The van der Waals surface area contributed by atoms with Crippen LogP contribution in [-0.4, -0.2) is 9.97 Å². The van der Waals surface area contributed by atoms with Gasteiger partial charge in [-0.15, -0.1) is 11.3 Å². The van der Waals surface area contributed by atoms with Crippen LogP contribution in [0.5, 0.6) is 5.75 Å². The number of pyridine rings is 1. The quantitative estimate of drug-likeness (QED) is 0.535. The van der Waals surface area contributed by atoms with Crippen molar-refractivity contribution in [2.45, 2.75) is 6.61 Å². The van der Waals surface area contributed by atoms with Crippen LogP contribution in [0.25, 0.3) is 20.8 Å². The summed E-state index contributed by atoms with van der Waals surface area (Å²) in [5.41, 5.74) is 3.20. The summed E-state index contributed by atoms with van der Waals surface area (Å²) in [6.07, 6.45) is 3.59. The van der Waals surface area contributed by atoms with Crippen LogP contribution in [0, 0.1) is 0 Å². The van der Waals surface area contributed by atoms with Gasteiger partial charge in [0.05, 0.1) is 10.9 Å². The van der Waals surface area contributed by atoms with Gasteiger partial charge in [0.25, 0.3) is 0 Å². The second-order valence-corrected chi connectivity index (χ2v) is 6.19. The first-order valence-corrected chi connectivity index (χ1v) is 8.18. The third-order valence-corrected chi connectivity index (χ3v) is 4.62. The minimum absolute atomic E-state index is 0.576. The molecule has 4 rings (SSSR count). The molecule has 3 nitrogen and oxygen atoms in total. The third kappa shape index (κ3) is 3.07. The van der Waals surface area contributed by atoms with Crippen molar-refractivity contribution < 1.29 is 4.74 Å². The molecule has 0 radical (unpaired) electrons. The molecule has 0 fully saturated rings. The number of fused-ring (bicyclic) bond motifs is 1. The molecule has 4 heteroatoms. The average Bonchev–Trinajstić information content (AvgIpc) is 3.05. The molecule has 0 N–H and O–H groups in total. The van der Waals surface area contributed by atoms with Gasteiger partial charge in [-0.25, -0.2) is 4.98 Å². The van der Waals surface area contributed by atoms with Crippen LogP contribution >= 0.6 is 11.3 Å². The first-order valence-electron chi connectivity index (χ1n) is 7.36. The van der Waals surface area contributed by atoms with Crippen molar-refractivity contribution in [1.82, 2.24) is 9.97 Å². The molecule has 112 valence electrons. The van der Waals surface area contributed by atoms with Gasteiger partial charge in [0.15, 0.2) is 0 Å². The lowest BCUT2D eigenvalue weighted by Gasteiger charge is -2.06. The van der Waals surface area contributed by atoms with E-state index in [1.54, 1.807) is 23.7 Å². The molecule has 0 atom stereocenters. The zero-order chi connectivity index (χ0) is 15.5. The zero-order valence-corrected chi connectivity index (χ0v) is 13.2. The molecule has 2 aromatic heterocycles. The highest BCUT2D eigenvalue weighted by Gasteiger charge is 2.06. The predicted octanol–water partition coefficient (Wildman–Crippen LogP) is 4.94. The lowest BCUT2D eigenvalue weighted by molar-refractivity contribution is 0.306. The maximum absolute atomic E-state index is 5.81. The Morgan fingerprint density at radius 1 is 0.913 bits per heavy atom. The van der Waals surface area contributed by atoms with Crippen LogP contribution in [0.1, 0.15) is 5.56 Å². The molecule has 0 aliphatic carbocycles. The Kier molecular flexibility index (Phi) is 3.74. The van der Waals surface area contributed by atoms with Crippen molar-refractivity contribution in [2.24, 2.45) is 0 Å². The van der Waals surface area contributed by atoms with E-state index in [9.17, 15) is 0 Å². The van der Waals surface area contributed by atoms with Gasteiger partial charge in [-0.2, -0.15) is 0 Å². The Balaban J connectivity index is 1.51. The highest BCUT2D eigenvalue weighted by Crippen LogP contribution is 2.30. The molecular formula is C19H14N2OS. The average molecular weight is 318 g/mol. The molecule has 0 unspecified atom stereocenters. The topological polar surface area (TPSA) is 35.0 Å². The van der Waals surface area contributed by atoms with E-state index in [1.807, 2.05) is 48.5 Å². The van der Waals surface area contributed by atoms with Crippen LogP contribution in [0.4, 0.5) is 0 Å². The monoisotopic (exact) mass is 318 g/mol. The summed E-state index contributed by atoms with van der Waals surface area (Å²) >= 11 is 1.67. The van der Waals surface area contributed by atoms with E-state index in [0.717, 1.165) is 32.1 Å². The number of benzene rings is 2. The number of aromatic nitrogens is 2. The zero-order valence-electron chi connectivity index (χ0n) is 12.3. The van der Waals surface area contributed by atoms with Crippen LogP contribution < -0.4 is 4.74 Å². The predicted molar refractivity (Wildman–Crippen MR) is 93.6 cm³/mol. The molecule has 0 saturated carbocycles. The van der Waals surface area contributed by atoms with Crippen molar-refractivity contribution in [1.29, 1.82) is 0 Å². The normalized spacial score (nSPS) is 10.8. The molecule has 0 bridgehead atoms. The second-order valence-electron chi connectivity index (χ2n) is 5.16. The standard InChI is InChI=1S/C19H14N2OS/c1-2-4-14(5-3-1)13-22-16-8-6-15(7-9-16)19-21-17-12-20-11-10-18(17)23-19/h1-12H,13H2.